The average molecular weight is 462 g/mol. The molecule has 4 rings (SSSR count). The predicted molar refractivity (Wildman–Crippen MR) is 103 cm³/mol. The van der Waals surface area contributed by atoms with Crippen LogP contribution in [-0.2, 0) is 19.2 Å². The number of hydroxylamine groups is 2. The molecule has 1 aromatic rings. The van der Waals surface area contributed by atoms with Gasteiger partial charge >= 0.3 is 12.1 Å². The van der Waals surface area contributed by atoms with Crippen LogP contribution in [0.4, 0.5) is 19.0 Å². The molecule has 0 bridgehead atoms. The van der Waals surface area contributed by atoms with Gasteiger partial charge in [0, 0.05) is 43.5 Å². The molecule has 3 aliphatic heterocycles. The fourth-order valence-electron chi connectivity index (χ4n) is 4.05. The van der Waals surface area contributed by atoms with Gasteiger partial charge in [-0.1, -0.05) is 0 Å². The maximum Gasteiger partial charge on any atom is 0.490 e. The number of rotatable bonds is 4. The lowest BCUT2D eigenvalue weighted by molar-refractivity contribution is -0.199. The molecule has 1 amide bonds. The van der Waals surface area contributed by atoms with Crippen molar-refractivity contribution in [3.8, 4) is 5.88 Å². The van der Waals surface area contributed by atoms with Crippen LogP contribution in [0.1, 0.15) is 19.3 Å². The molecule has 4 heterocycles. The highest BCUT2D eigenvalue weighted by Crippen LogP contribution is 2.45. The third-order valence-corrected chi connectivity index (χ3v) is 5.71. The molecular formula is C19H25F3N4O6. The summed E-state index contributed by atoms with van der Waals surface area (Å²) in [6.07, 6.45) is -1.09. The van der Waals surface area contributed by atoms with E-state index in [1.54, 1.807) is 12.2 Å². The van der Waals surface area contributed by atoms with Crippen LogP contribution in [0.5, 0.6) is 5.88 Å². The summed E-state index contributed by atoms with van der Waals surface area (Å²) >= 11 is 0. The van der Waals surface area contributed by atoms with Crippen LogP contribution in [0.15, 0.2) is 12.4 Å². The quantitative estimate of drug-likeness (QED) is 0.711. The highest BCUT2D eigenvalue weighted by molar-refractivity contribution is 5.76. The molecule has 0 spiro atoms. The second-order valence-electron chi connectivity index (χ2n) is 7.89. The van der Waals surface area contributed by atoms with Crippen LogP contribution in [-0.4, -0.2) is 84.8 Å². The normalized spacial score (nSPS) is 25.1. The highest BCUT2D eigenvalue weighted by Gasteiger charge is 2.52. The fraction of sp³-hybridized carbons (Fsp3) is 0.684. The Labute approximate surface area is 182 Å². The molecule has 10 nitrogen and oxygen atoms in total. The van der Waals surface area contributed by atoms with Gasteiger partial charge in [-0.15, -0.1) is 0 Å². The largest absolute Gasteiger partial charge is 0.490 e. The van der Waals surface area contributed by atoms with Crippen molar-refractivity contribution in [3.63, 3.8) is 0 Å². The fourth-order valence-corrected chi connectivity index (χ4v) is 4.05. The van der Waals surface area contributed by atoms with Crippen LogP contribution < -0.4 is 9.64 Å². The Hall–Kier alpha value is -2.67. The number of carboxylic acids is 1. The molecule has 0 aliphatic carbocycles. The number of halogens is 3. The first-order valence-corrected chi connectivity index (χ1v) is 10.1. The molecule has 1 aromatic heterocycles. The number of fused-ring (bicyclic) bond motifs is 1. The number of anilines is 1. The predicted octanol–water partition coefficient (Wildman–Crippen LogP) is 1.52. The molecule has 3 fully saturated rings. The van der Waals surface area contributed by atoms with E-state index in [9.17, 15) is 18.0 Å². The number of carbonyl (C=O) groups is 2. The van der Waals surface area contributed by atoms with Crippen molar-refractivity contribution in [2.45, 2.75) is 25.4 Å². The standard InChI is InChI=1S/C17H24N4O4.C2HF3O2/c1-23-15-6-14(18-12-19-15)20-8-13-9-24-11-17(13,10-20)7-16(22)21-4-2-3-5-25-21;3-2(4,5)1(6)7/h6,12-13H,2-5,7-11H2,1H3;(H,6,7)/t13-,17+;/m1./s1. The molecule has 32 heavy (non-hydrogen) atoms. The lowest BCUT2D eigenvalue weighted by Crippen LogP contribution is -2.42. The SMILES string of the molecule is COc1cc(N2C[C@@H]3COC[C@]3(CC(=O)N3CCCCO3)C2)ncn1.O=C(O)C(F)(F)F. The van der Waals surface area contributed by atoms with Crippen LogP contribution in [0.3, 0.4) is 0 Å². The first-order chi connectivity index (χ1) is 15.1. The monoisotopic (exact) mass is 462 g/mol. The summed E-state index contributed by atoms with van der Waals surface area (Å²) < 4.78 is 42.7. The third-order valence-electron chi connectivity index (χ3n) is 5.71. The summed E-state index contributed by atoms with van der Waals surface area (Å²) in [4.78, 5) is 37.8. The maximum absolute atomic E-state index is 12.7. The van der Waals surface area contributed by atoms with Gasteiger partial charge < -0.3 is 19.5 Å². The minimum Gasteiger partial charge on any atom is -0.481 e. The molecule has 2 atom stereocenters. The van der Waals surface area contributed by atoms with E-state index < -0.39 is 12.1 Å². The summed E-state index contributed by atoms with van der Waals surface area (Å²) in [5, 5.41) is 8.67. The van der Waals surface area contributed by atoms with Crippen molar-refractivity contribution in [2.75, 3.05) is 51.5 Å². The van der Waals surface area contributed by atoms with E-state index in [4.69, 9.17) is 24.2 Å². The van der Waals surface area contributed by atoms with E-state index in [1.165, 1.54) is 6.33 Å². The minimum absolute atomic E-state index is 0.0670. The number of aromatic nitrogens is 2. The third kappa shape index (κ3) is 5.57. The van der Waals surface area contributed by atoms with E-state index in [0.29, 0.717) is 44.6 Å². The summed E-state index contributed by atoms with van der Waals surface area (Å²) in [6, 6.07) is 1.84. The van der Waals surface area contributed by atoms with Gasteiger partial charge in [0.2, 0.25) is 11.8 Å². The summed E-state index contributed by atoms with van der Waals surface area (Å²) in [5.41, 5.74) is -0.171. The number of aliphatic carboxylic acids is 1. The van der Waals surface area contributed by atoms with E-state index >= 15 is 0 Å². The van der Waals surface area contributed by atoms with Gasteiger partial charge in [-0.3, -0.25) is 9.63 Å². The lowest BCUT2D eigenvalue weighted by Gasteiger charge is -2.31. The maximum atomic E-state index is 12.7. The Balaban J connectivity index is 0.000000360. The van der Waals surface area contributed by atoms with Gasteiger partial charge in [0.05, 0.1) is 26.9 Å². The van der Waals surface area contributed by atoms with Crippen molar-refractivity contribution in [3.05, 3.63) is 12.4 Å². The summed E-state index contributed by atoms with van der Waals surface area (Å²) in [7, 11) is 1.59. The molecule has 0 radical (unpaired) electrons. The first-order valence-electron chi connectivity index (χ1n) is 10.1. The zero-order valence-electron chi connectivity index (χ0n) is 17.5. The lowest BCUT2D eigenvalue weighted by atomic mass is 9.78. The molecule has 1 N–H and O–H groups in total. The molecule has 0 unspecified atom stereocenters. The van der Waals surface area contributed by atoms with E-state index in [2.05, 4.69) is 14.9 Å². The summed E-state index contributed by atoms with van der Waals surface area (Å²) in [6.45, 7) is 4.19. The number of alkyl halides is 3. The Kier molecular flexibility index (Phi) is 7.39. The Morgan fingerprint density at radius 1 is 1.34 bits per heavy atom. The van der Waals surface area contributed by atoms with Crippen molar-refractivity contribution in [2.24, 2.45) is 11.3 Å². The number of hydrogen-bond donors (Lipinski definition) is 1. The van der Waals surface area contributed by atoms with Gasteiger partial charge in [-0.2, -0.15) is 13.2 Å². The molecule has 0 aromatic carbocycles. The average Bonchev–Trinajstić information content (AvgIpc) is 3.31. The van der Waals surface area contributed by atoms with Crippen molar-refractivity contribution in [1.82, 2.24) is 15.0 Å². The number of nitrogens with zero attached hydrogens (tertiary/aromatic N) is 4. The zero-order chi connectivity index (χ0) is 23.4. The zero-order valence-corrected chi connectivity index (χ0v) is 17.5. The Morgan fingerprint density at radius 2 is 2.09 bits per heavy atom. The molecule has 0 saturated carbocycles. The van der Waals surface area contributed by atoms with Crippen LogP contribution in [0.2, 0.25) is 0 Å². The van der Waals surface area contributed by atoms with E-state index in [-0.39, 0.29) is 11.3 Å². The minimum atomic E-state index is -5.08. The van der Waals surface area contributed by atoms with Gasteiger partial charge in [-0.05, 0) is 12.8 Å². The number of hydrogen-bond acceptors (Lipinski definition) is 8. The number of ether oxygens (including phenoxy) is 2. The highest BCUT2D eigenvalue weighted by atomic mass is 19.4. The van der Waals surface area contributed by atoms with Gasteiger partial charge in [-0.25, -0.2) is 19.8 Å². The van der Waals surface area contributed by atoms with E-state index in [0.717, 1.165) is 31.7 Å². The van der Waals surface area contributed by atoms with Crippen LogP contribution >= 0.6 is 0 Å². The molecule has 13 heteroatoms. The van der Waals surface area contributed by atoms with Gasteiger partial charge in [0.15, 0.2) is 0 Å². The molecular weight excluding hydrogens is 437 g/mol. The summed E-state index contributed by atoms with van der Waals surface area (Å²) in [5.74, 6) is -0.987. The second kappa shape index (κ2) is 9.86. The number of carboxylic acid groups (broad SMARTS) is 1. The van der Waals surface area contributed by atoms with E-state index in [1.807, 2.05) is 6.07 Å². The van der Waals surface area contributed by atoms with Crippen molar-refractivity contribution >= 4 is 17.7 Å². The van der Waals surface area contributed by atoms with Crippen molar-refractivity contribution in [1.29, 1.82) is 0 Å². The van der Waals surface area contributed by atoms with Crippen LogP contribution in [0, 0.1) is 11.3 Å². The Morgan fingerprint density at radius 3 is 2.72 bits per heavy atom. The molecule has 3 saturated heterocycles. The van der Waals surface area contributed by atoms with Gasteiger partial charge in [0.25, 0.3) is 0 Å². The van der Waals surface area contributed by atoms with Gasteiger partial charge in [0.1, 0.15) is 12.1 Å². The Bertz CT molecular complexity index is 820. The number of carbonyl (C=O) groups excluding carboxylic acids is 1. The molecule has 3 aliphatic rings. The molecule has 178 valence electrons. The first kappa shape index (κ1) is 24.0. The second-order valence-corrected chi connectivity index (χ2v) is 7.89. The number of methoxy groups -OCH3 is 1. The number of amides is 1. The topological polar surface area (TPSA) is 114 Å². The smallest absolute Gasteiger partial charge is 0.481 e. The van der Waals surface area contributed by atoms with Crippen molar-refractivity contribution < 1.29 is 42.2 Å². The van der Waals surface area contributed by atoms with Crippen LogP contribution in [0.25, 0.3) is 0 Å².